The molecule has 0 bridgehead atoms. The van der Waals surface area contributed by atoms with E-state index >= 15 is 0 Å². The van der Waals surface area contributed by atoms with Crippen LogP contribution in [0.2, 0.25) is 0 Å². The van der Waals surface area contributed by atoms with Gasteiger partial charge in [-0.05, 0) is 24.1 Å². The molecule has 1 aliphatic heterocycles. The average Bonchev–Trinajstić information content (AvgIpc) is 3.32. The van der Waals surface area contributed by atoms with Crippen LogP contribution < -0.4 is 25.2 Å². The number of fused-ring (bicyclic) bond motifs is 1. The van der Waals surface area contributed by atoms with Crippen LogP contribution >= 0.6 is 11.3 Å². The van der Waals surface area contributed by atoms with Crippen LogP contribution in [0.15, 0.2) is 53.3 Å². The largest absolute Gasteiger partial charge is 0.497 e. The molecule has 1 N–H and O–H groups in total. The molecule has 1 aliphatic rings. The summed E-state index contributed by atoms with van der Waals surface area (Å²) in [4.78, 5) is 38.7. The molecule has 1 fully saturated rings. The second-order valence-electron chi connectivity index (χ2n) is 9.55. The third-order valence-electron chi connectivity index (χ3n) is 6.76. The van der Waals surface area contributed by atoms with Crippen LogP contribution in [0.5, 0.6) is 11.5 Å². The summed E-state index contributed by atoms with van der Waals surface area (Å²) in [5.74, 6) is 1.96. The second kappa shape index (κ2) is 10.8. The summed E-state index contributed by atoms with van der Waals surface area (Å²) in [6.07, 6.45) is 0.739. The third-order valence-corrected chi connectivity index (χ3v) is 7.74. The maximum absolute atomic E-state index is 13.7. The van der Waals surface area contributed by atoms with Crippen LogP contribution in [0.1, 0.15) is 43.1 Å². The first-order valence-electron chi connectivity index (χ1n) is 12.6. The molecule has 0 saturated carbocycles. The van der Waals surface area contributed by atoms with E-state index in [1.165, 1.54) is 11.3 Å². The number of anilines is 1. The van der Waals surface area contributed by atoms with Crippen molar-refractivity contribution in [2.24, 2.45) is 0 Å². The highest BCUT2D eigenvalue weighted by Gasteiger charge is 2.36. The van der Waals surface area contributed by atoms with Gasteiger partial charge >= 0.3 is 0 Å². The molecular weight excluding hydrogens is 502 g/mol. The number of carbonyl (C=O) groups is 1. The van der Waals surface area contributed by atoms with Gasteiger partial charge in [-0.3, -0.25) is 14.2 Å². The Morgan fingerprint density at radius 2 is 1.92 bits per heavy atom. The Kier molecular flexibility index (Phi) is 7.33. The molecule has 10 heteroatoms. The molecular formula is C28H31N5O4S. The van der Waals surface area contributed by atoms with Crippen molar-refractivity contribution < 1.29 is 14.3 Å². The van der Waals surface area contributed by atoms with Crippen molar-refractivity contribution >= 4 is 32.7 Å². The smallest absolute Gasteiger partial charge is 0.281 e. The van der Waals surface area contributed by atoms with Gasteiger partial charge in [0.15, 0.2) is 15.5 Å². The van der Waals surface area contributed by atoms with Crippen molar-refractivity contribution in [1.29, 1.82) is 0 Å². The zero-order valence-corrected chi connectivity index (χ0v) is 22.7. The predicted octanol–water partition coefficient (Wildman–Crippen LogP) is 3.94. The second-order valence-corrected chi connectivity index (χ2v) is 10.5. The Morgan fingerprint density at radius 1 is 1.13 bits per heavy atom. The van der Waals surface area contributed by atoms with E-state index in [9.17, 15) is 9.59 Å². The highest BCUT2D eigenvalue weighted by Crippen LogP contribution is 2.33. The third kappa shape index (κ3) is 4.96. The molecule has 4 aromatic rings. The summed E-state index contributed by atoms with van der Waals surface area (Å²) < 4.78 is 12.5. The molecule has 1 saturated heterocycles. The lowest BCUT2D eigenvalue weighted by molar-refractivity contribution is -0.123. The summed E-state index contributed by atoms with van der Waals surface area (Å²) in [5, 5.41) is 3.66. The van der Waals surface area contributed by atoms with Crippen LogP contribution in [0, 0.1) is 0 Å². The molecule has 0 aliphatic carbocycles. The van der Waals surface area contributed by atoms with E-state index < -0.39 is 0 Å². The van der Waals surface area contributed by atoms with E-state index in [2.05, 4.69) is 10.3 Å². The molecule has 2 aromatic carbocycles. The number of nitrogens with zero attached hydrogens (tertiary/aromatic N) is 4. The fourth-order valence-electron chi connectivity index (χ4n) is 4.57. The van der Waals surface area contributed by atoms with Gasteiger partial charge in [0.2, 0.25) is 5.91 Å². The molecule has 3 heterocycles. The molecule has 0 unspecified atom stereocenters. The number of methoxy groups -OCH3 is 2. The van der Waals surface area contributed by atoms with E-state index in [-0.39, 0.29) is 23.4 Å². The van der Waals surface area contributed by atoms with Crippen molar-refractivity contribution in [2.45, 2.75) is 45.3 Å². The molecule has 5 rings (SSSR count). The number of ether oxygens (including phenoxy) is 2. The Bertz CT molecular complexity index is 1520. The first-order chi connectivity index (χ1) is 18.4. The Balaban J connectivity index is 1.43. The number of carbonyl (C=O) groups excluding carboxylic acids is 1. The highest BCUT2D eigenvalue weighted by atomic mass is 32.1. The lowest BCUT2D eigenvalue weighted by Crippen LogP contribution is -2.56. The molecule has 1 amide bonds. The minimum Gasteiger partial charge on any atom is -0.497 e. The highest BCUT2D eigenvalue weighted by molar-refractivity contribution is 7.21. The van der Waals surface area contributed by atoms with E-state index in [1.807, 2.05) is 61.2 Å². The van der Waals surface area contributed by atoms with Crippen LogP contribution in [0.4, 0.5) is 5.13 Å². The molecule has 198 valence electrons. The van der Waals surface area contributed by atoms with E-state index in [4.69, 9.17) is 14.5 Å². The van der Waals surface area contributed by atoms with Crippen molar-refractivity contribution in [1.82, 2.24) is 19.9 Å². The van der Waals surface area contributed by atoms with Gasteiger partial charge in [0.1, 0.15) is 23.4 Å². The topological polar surface area (TPSA) is 98.6 Å². The van der Waals surface area contributed by atoms with Crippen LogP contribution in [0.3, 0.4) is 0 Å². The summed E-state index contributed by atoms with van der Waals surface area (Å²) >= 11 is 1.36. The summed E-state index contributed by atoms with van der Waals surface area (Å²) in [6.45, 7) is 5.50. The predicted molar refractivity (Wildman–Crippen MR) is 148 cm³/mol. The summed E-state index contributed by atoms with van der Waals surface area (Å²) in [6, 6.07) is 15.0. The normalized spacial score (nSPS) is 15.0. The number of benzene rings is 2. The van der Waals surface area contributed by atoms with Gasteiger partial charge < -0.3 is 19.7 Å². The Labute approximate surface area is 225 Å². The minimum atomic E-state index is -0.311. The molecule has 0 radical (unpaired) electrons. The van der Waals surface area contributed by atoms with Crippen molar-refractivity contribution in [3.05, 3.63) is 75.8 Å². The molecule has 38 heavy (non-hydrogen) atoms. The zero-order valence-electron chi connectivity index (χ0n) is 21.9. The Hall–Kier alpha value is -3.92. The number of aromatic nitrogens is 3. The molecule has 1 atom stereocenters. The van der Waals surface area contributed by atoms with Gasteiger partial charge in [-0.15, -0.1) is 0 Å². The quantitative estimate of drug-likeness (QED) is 0.348. The van der Waals surface area contributed by atoms with Gasteiger partial charge in [-0.25, -0.2) is 9.97 Å². The number of hydrogen-bond acceptors (Lipinski definition) is 8. The standard InChI is InChI=1S/C28H31N5O4S/c1-17(2)24-31-26-23(27(35)33(24)16-19-10-11-20(36-3)14-22(19)37-4)30-28(38-26)32-13-12-21(32)25(34)29-15-18-8-6-5-7-9-18/h5-11,14,17,21H,12-13,15-16H2,1-4H3,(H,29,34)/t21-/m1/s1. The summed E-state index contributed by atoms with van der Waals surface area (Å²) in [7, 11) is 3.20. The number of hydrogen-bond donors (Lipinski definition) is 1. The number of rotatable bonds is 9. The van der Waals surface area contributed by atoms with Crippen molar-refractivity contribution in [3.8, 4) is 11.5 Å². The molecule has 0 spiro atoms. The van der Waals surface area contributed by atoms with Crippen LogP contribution in [-0.4, -0.2) is 47.2 Å². The van der Waals surface area contributed by atoms with E-state index in [0.717, 1.165) is 17.5 Å². The van der Waals surface area contributed by atoms with Crippen molar-refractivity contribution in [3.63, 3.8) is 0 Å². The first-order valence-corrected chi connectivity index (χ1v) is 13.4. The number of nitrogens with one attached hydrogen (secondary N) is 1. The average molecular weight is 534 g/mol. The van der Waals surface area contributed by atoms with Crippen molar-refractivity contribution in [2.75, 3.05) is 25.7 Å². The number of amides is 1. The maximum Gasteiger partial charge on any atom is 0.281 e. The van der Waals surface area contributed by atoms with Gasteiger partial charge in [0.05, 0.1) is 20.8 Å². The van der Waals surface area contributed by atoms with Gasteiger partial charge in [0.25, 0.3) is 5.56 Å². The lowest BCUT2D eigenvalue weighted by atomic mass is 10.0. The maximum atomic E-state index is 13.7. The SMILES string of the molecule is COc1ccc(Cn2c(C(C)C)nc3sc(N4CC[C@@H]4C(=O)NCc4ccccc4)nc3c2=O)c(OC)c1. The van der Waals surface area contributed by atoms with Gasteiger partial charge in [-0.2, -0.15) is 0 Å². The molecule has 2 aromatic heterocycles. The fourth-order valence-corrected chi connectivity index (χ4v) is 5.59. The van der Waals surface area contributed by atoms with E-state index in [1.54, 1.807) is 24.9 Å². The minimum absolute atomic E-state index is 0.0161. The lowest BCUT2D eigenvalue weighted by Gasteiger charge is -2.39. The Morgan fingerprint density at radius 3 is 2.58 bits per heavy atom. The zero-order chi connectivity index (χ0) is 26.8. The van der Waals surface area contributed by atoms with Crippen LogP contribution in [-0.2, 0) is 17.9 Å². The van der Waals surface area contributed by atoms with Gasteiger partial charge in [-0.1, -0.05) is 55.5 Å². The van der Waals surface area contributed by atoms with Gasteiger partial charge in [0, 0.05) is 30.6 Å². The molecule has 9 nitrogen and oxygen atoms in total. The number of thiazole rings is 1. The van der Waals surface area contributed by atoms with Crippen LogP contribution in [0.25, 0.3) is 10.3 Å². The summed E-state index contributed by atoms with van der Waals surface area (Å²) in [5.41, 5.74) is 2.00. The fraction of sp³-hybridized carbons (Fsp3) is 0.357. The monoisotopic (exact) mass is 533 g/mol. The first kappa shape index (κ1) is 25.7. The van der Waals surface area contributed by atoms with E-state index in [0.29, 0.717) is 52.4 Å².